The number of ether oxygens (including phenoxy) is 3. The lowest BCUT2D eigenvalue weighted by Crippen LogP contribution is -2.30. The first-order valence-electron chi connectivity index (χ1n) is 36.2. The van der Waals surface area contributed by atoms with Crippen LogP contribution in [0.4, 0.5) is 0 Å². The zero-order chi connectivity index (χ0) is 57.1. The van der Waals surface area contributed by atoms with E-state index in [4.69, 9.17) is 14.2 Å². The second kappa shape index (κ2) is 68.6. The molecular formula is C73H140O6. The summed E-state index contributed by atoms with van der Waals surface area (Å²) in [6.45, 7) is 6.73. The Bertz CT molecular complexity index is 1230. The van der Waals surface area contributed by atoms with Crippen LogP contribution in [0.1, 0.15) is 419 Å². The zero-order valence-electron chi connectivity index (χ0n) is 53.9. The number of carbonyl (C=O) groups is 3. The molecular weight excluding hydrogens is 973 g/mol. The van der Waals surface area contributed by atoms with Crippen LogP contribution in [-0.4, -0.2) is 37.2 Å². The average Bonchev–Trinajstić information content (AvgIpc) is 3.45. The van der Waals surface area contributed by atoms with Gasteiger partial charge >= 0.3 is 17.9 Å². The summed E-state index contributed by atoms with van der Waals surface area (Å²) in [5.41, 5.74) is 0. The van der Waals surface area contributed by atoms with Crippen molar-refractivity contribution in [1.82, 2.24) is 0 Å². The fraction of sp³-hybridized carbons (Fsp3) is 0.932. The van der Waals surface area contributed by atoms with Crippen molar-refractivity contribution in [2.24, 2.45) is 0 Å². The minimum atomic E-state index is -0.764. The largest absolute Gasteiger partial charge is 0.462 e. The Kier molecular flexibility index (Phi) is 67.0. The number of esters is 3. The summed E-state index contributed by atoms with van der Waals surface area (Å²) < 4.78 is 17.0. The molecule has 0 aliphatic heterocycles. The highest BCUT2D eigenvalue weighted by molar-refractivity contribution is 5.71. The number of allylic oxidation sites excluding steroid dienone is 2. The van der Waals surface area contributed by atoms with Crippen LogP contribution >= 0.6 is 0 Å². The van der Waals surface area contributed by atoms with Gasteiger partial charge < -0.3 is 14.2 Å². The molecule has 468 valence electrons. The molecule has 0 radical (unpaired) electrons. The molecule has 0 aromatic rings. The summed E-state index contributed by atoms with van der Waals surface area (Å²) in [6, 6.07) is 0. The molecule has 0 spiro atoms. The monoisotopic (exact) mass is 1110 g/mol. The lowest BCUT2D eigenvalue weighted by Gasteiger charge is -2.18. The molecule has 0 aliphatic carbocycles. The van der Waals surface area contributed by atoms with Crippen molar-refractivity contribution in [2.75, 3.05) is 13.2 Å². The van der Waals surface area contributed by atoms with E-state index in [-0.39, 0.29) is 31.1 Å². The molecule has 0 rings (SSSR count). The first-order valence-corrected chi connectivity index (χ1v) is 36.2. The van der Waals surface area contributed by atoms with Gasteiger partial charge in [0.15, 0.2) is 6.10 Å². The van der Waals surface area contributed by atoms with Gasteiger partial charge in [0.2, 0.25) is 0 Å². The van der Waals surface area contributed by atoms with Crippen molar-refractivity contribution in [1.29, 1.82) is 0 Å². The molecule has 0 aromatic carbocycles. The molecule has 0 saturated heterocycles. The van der Waals surface area contributed by atoms with Gasteiger partial charge in [0.05, 0.1) is 0 Å². The minimum absolute atomic E-state index is 0.0617. The van der Waals surface area contributed by atoms with Gasteiger partial charge in [-0.3, -0.25) is 14.4 Å². The molecule has 0 fully saturated rings. The molecule has 0 amide bonds. The summed E-state index contributed by atoms with van der Waals surface area (Å²) >= 11 is 0. The number of unbranched alkanes of at least 4 members (excludes halogenated alkanes) is 55. The SMILES string of the molecule is CCCCCCCCCC/C=C\CCCCCCCCCCCCCCCCCCCCCC(=O)OCC(COC(=O)CCCCCCCCCCCCCCCCC)OC(=O)CCCCCCCCCCCCCCCCC. The van der Waals surface area contributed by atoms with E-state index in [1.54, 1.807) is 0 Å². The maximum atomic E-state index is 12.9. The molecule has 6 nitrogen and oxygen atoms in total. The Morgan fingerprint density at radius 1 is 0.241 bits per heavy atom. The van der Waals surface area contributed by atoms with E-state index in [2.05, 4.69) is 32.9 Å². The standard InChI is InChI=1S/C73H140O6/c1-4-7-10-13-16-19-22-25-28-29-30-31-32-33-34-35-36-37-38-39-40-41-42-43-46-48-51-54-57-60-63-66-72(75)78-69-70(79-73(76)67-64-61-58-55-52-49-45-27-24-21-18-15-12-9-6-3)68-77-71(74)65-62-59-56-53-50-47-44-26-23-20-17-14-11-8-5-2/h29-30,70H,4-28,31-69H2,1-3H3/b30-29-. The summed E-state index contributed by atoms with van der Waals surface area (Å²) in [6.07, 6.45) is 82.5. The third-order valence-electron chi connectivity index (χ3n) is 16.8. The lowest BCUT2D eigenvalue weighted by atomic mass is 10.0. The molecule has 1 unspecified atom stereocenters. The van der Waals surface area contributed by atoms with E-state index in [1.807, 2.05) is 0 Å². The van der Waals surface area contributed by atoms with Crippen LogP contribution in [0.2, 0.25) is 0 Å². The Morgan fingerprint density at radius 3 is 0.633 bits per heavy atom. The van der Waals surface area contributed by atoms with E-state index in [1.165, 1.54) is 321 Å². The molecule has 0 aromatic heterocycles. The smallest absolute Gasteiger partial charge is 0.306 e. The highest BCUT2D eigenvalue weighted by atomic mass is 16.6. The van der Waals surface area contributed by atoms with E-state index in [9.17, 15) is 14.4 Å². The van der Waals surface area contributed by atoms with Crippen LogP contribution in [0.5, 0.6) is 0 Å². The van der Waals surface area contributed by atoms with Crippen LogP contribution in [0.3, 0.4) is 0 Å². The van der Waals surface area contributed by atoms with Gasteiger partial charge in [-0.15, -0.1) is 0 Å². The molecule has 0 saturated carbocycles. The van der Waals surface area contributed by atoms with E-state index >= 15 is 0 Å². The predicted molar refractivity (Wildman–Crippen MR) is 344 cm³/mol. The van der Waals surface area contributed by atoms with Crippen molar-refractivity contribution in [2.45, 2.75) is 425 Å². The second-order valence-corrected chi connectivity index (χ2v) is 24.9. The van der Waals surface area contributed by atoms with Gasteiger partial charge in [0.1, 0.15) is 13.2 Å². The summed E-state index contributed by atoms with van der Waals surface area (Å²) in [5, 5.41) is 0. The maximum absolute atomic E-state index is 12.9. The lowest BCUT2D eigenvalue weighted by molar-refractivity contribution is -0.167. The van der Waals surface area contributed by atoms with Crippen LogP contribution in [0.25, 0.3) is 0 Å². The fourth-order valence-electron chi connectivity index (χ4n) is 11.3. The molecule has 0 aliphatic rings. The van der Waals surface area contributed by atoms with Gasteiger partial charge in [0, 0.05) is 19.3 Å². The highest BCUT2D eigenvalue weighted by Gasteiger charge is 2.20. The quantitative estimate of drug-likeness (QED) is 0.0261. The van der Waals surface area contributed by atoms with E-state index in [0.29, 0.717) is 19.3 Å². The Hall–Kier alpha value is -1.85. The number of carbonyl (C=O) groups excluding carboxylic acids is 3. The Balaban J connectivity index is 4.11. The number of rotatable bonds is 68. The highest BCUT2D eigenvalue weighted by Crippen LogP contribution is 2.19. The van der Waals surface area contributed by atoms with Crippen molar-refractivity contribution in [3.63, 3.8) is 0 Å². The van der Waals surface area contributed by atoms with Gasteiger partial charge in [-0.05, 0) is 44.9 Å². The third kappa shape index (κ3) is 66.8. The summed E-state index contributed by atoms with van der Waals surface area (Å²) in [7, 11) is 0. The first-order chi connectivity index (χ1) is 39.0. The summed E-state index contributed by atoms with van der Waals surface area (Å²) in [5.74, 6) is -0.824. The van der Waals surface area contributed by atoms with Crippen molar-refractivity contribution in [3.8, 4) is 0 Å². The van der Waals surface area contributed by atoms with E-state index in [0.717, 1.165) is 57.8 Å². The van der Waals surface area contributed by atoms with E-state index < -0.39 is 6.10 Å². The fourth-order valence-corrected chi connectivity index (χ4v) is 11.3. The molecule has 0 bridgehead atoms. The van der Waals surface area contributed by atoms with Crippen LogP contribution in [0.15, 0.2) is 12.2 Å². The number of hydrogen-bond acceptors (Lipinski definition) is 6. The van der Waals surface area contributed by atoms with Gasteiger partial charge in [-0.1, -0.05) is 367 Å². The molecule has 6 heteroatoms. The maximum Gasteiger partial charge on any atom is 0.306 e. The van der Waals surface area contributed by atoms with Gasteiger partial charge in [-0.25, -0.2) is 0 Å². The first kappa shape index (κ1) is 77.2. The van der Waals surface area contributed by atoms with Crippen LogP contribution in [-0.2, 0) is 28.6 Å². The topological polar surface area (TPSA) is 78.9 Å². The molecule has 79 heavy (non-hydrogen) atoms. The van der Waals surface area contributed by atoms with Crippen LogP contribution in [0, 0.1) is 0 Å². The zero-order valence-corrected chi connectivity index (χ0v) is 53.9. The van der Waals surface area contributed by atoms with Gasteiger partial charge in [0.25, 0.3) is 0 Å². The summed E-state index contributed by atoms with van der Waals surface area (Å²) in [4.78, 5) is 38.4. The molecule has 0 N–H and O–H groups in total. The van der Waals surface area contributed by atoms with Crippen molar-refractivity contribution < 1.29 is 28.6 Å². The number of hydrogen-bond donors (Lipinski definition) is 0. The third-order valence-corrected chi connectivity index (χ3v) is 16.8. The Morgan fingerprint density at radius 2 is 0.418 bits per heavy atom. The van der Waals surface area contributed by atoms with Crippen molar-refractivity contribution >= 4 is 17.9 Å². The molecule has 0 heterocycles. The normalized spacial score (nSPS) is 12.0. The molecule has 1 atom stereocenters. The second-order valence-electron chi connectivity index (χ2n) is 24.9. The van der Waals surface area contributed by atoms with Crippen LogP contribution < -0.4 is 0 Å². The predicted octanol–water partition coefficient (Wildman–Crippen LogP) is 24.8. The van der Waals surface area contributed by atoms with Gasteiger partial charge in [-0.2, -0.15) is 0 Å². The minimum Gasteiger partial charge on any atom is -0.462 e. The average molecular weight is 1110 g/mol. The Labute approximate surface area is 494 Å². The van der Waals surface area contributed by atoms with Crippen molar-refractivity contribution in [3.05, 3.63) is 12.2 Å².